The summed E-state index contributed by atoms with van der Waals surface area (Å²) in [5.41, 5.74) is 0.538. The van der Waals surface area contributed by atoms with Gasteiger partial charge in [-0.2, -0.15) is 0 Å². The van der Waals surface area contributed by atoms with Crippen LogP contribution in [-0.2, 0) is 0 Å². The van der Waals surface area contributed by atoms with Gasteiger partial charge in [-0.25, -0.2) is 0 Å². The second-order valence-corrected chi connectivity index (χ2v) is 4.65. The van der Waals surface area contributed by atoms with Gasteiger partial charge < -0.3 is 10.0 Å². The quantitative estimate of drug-likeness (QED) is 0.856. The molecule has 0 atom stereocenters. The third kappa shape index (κ3) is 3.32. The minimum absolute atomic E-state index is 0.0413. The van der Waals surface area contributed by atoms with E-state index in [1.54, 1.807) is 25.2 Å². The Morgan fingerprint density at radius 1 is 1.60 bits per heavy atom. The Balaban J connectivity index is 2.87. The van der Waals surface area contributed by atoms with Gasteiger partial charge in [0.2, 0.25) is 0 Å². The SMILES string of the molecule is CN(CCO)C(=O)c1ccc(I)c(Cl)c1. The number of nitrogens with zero attached hydrogens (tertiary/aromatic N) is 1. The lowest BCUT2D eigenvalue weighted by molar-refractivity contribution is 0.0767. The first-order chi connectivity index (χ1) is 7.06. The first kappa shape index (κ1) is 12.7. The standard InChI is InChI=1S/C10H11ClINO2/c1-13(4-5-14)10(15)7-2-3-9(12)8(11)6-7/h2-3,6,14H,4-5H2,1H3. The molecule has 1 amide bonds. The largest absolute Gasteiger partial charge is 0.395 e. The molecule has 0 bridgehead atoms. The fourth-order valence-electron chi connectivity index (χ4n) is 1.10. The Morgan fingerprint density at radius 3 is 2.80 bits per heavy atom. The fourth-order valence-corrected chi connectivity index (χ4v) is 1.62. The van der Waals surface area contributed by atoms with Crippen LogP contribution >= 0.6 is 34.2 Å². The van der Waals surface area contributed by atoms with E-state index in [0.29, 0.717) is 17.1 Å². The molecule has 0 spiro atoms. The maximum Gasteiger partial charge on any atom is 0.253 e. The van der Waals surface area contributed by atoms with Crippen LogP contribution in [0.2, 0.25) is 5.02 Å². The molecule has 1 aromatic carbocycles. The van der Waals surface area contributed by atoms with Gasteiger partial charge in [-0.1, -0.05) is 11.6 Å². The first-order valence-corrected chi connectivity index (χ1v) is 5.83. The normalized spacial score (nSPS) is 10.1. The second-order valence-electron chi connectivity index (χ2n) is 3.08. The monoisotopic (exact) mass is 339 g/mol. The van der Waals surface area contributed by atoms with Crippen molar-refractivity contribution in [3.05, 3.63) is 32.4 Å². The third-order valence-corrected chi connectivity index (χ3v) is 3.52. The number of aliphatic hydroxyl groups is 1. The molecule has 0 aliphatic rings. The van der Waals surface area contributed by atoms with Crippen molar-refractivity contribution in [1.29, 1.82) is 0 Å². The number of hydrogen-bond donors (Lipinski definition) is 1. The molecule has 3 nitrogen and oxygen atoms in total. The van der Waals surface area contributed by atoms with Gasteiger partial charge in [-0.15, -0.1) is 0 Å². The third-order valence-electron chi connectivity index (χ3n) is 1.95. The predicted molar refractivity (Wildman–Crippen MR) is 68.2 cm³/mol. The molecule has 0 aliphatic carbocycles. The van der Waals surface area contributed by atoms with Crippen molar-refractivity contribution in [2.75, 3.05) is 20.2 Å². The summed E-state index contributed by atoms with van der Waals surface area (Å²) in [6.07, 6.45) is 0. The Morgan fingerprint density at radius 2 is 2.27 bits per heavy atom. The lowest BCUT2D eigenvalue weighted by Crippen LogP contribution is -2.29. The molecule has 82 valence electrons. The molecule has 1 rings (SSSR count). The molecule has 0 saturated carbocycles. The van der Waals surface area contributed by atoms with Crippen molar-refractivity contribution in [2.24, 2.45) is 0 Å². The number of amides is 1. The Hall–Kier alpha value is -0.330. The molecule has 15 heavy (non-hydrogen) atoms. The molecular formula is C10H11ClINO2. The van der Waals surface area contributed by atoms with Crippen LogP contribution in [0.1, 0.15) is 10.4 Å². The Kier molecular flexibility index (Phi) is 4.82. The van der Waals surface area contributed by atoms with Crippen molar-refractivity contribution in [2.45, 2.75) is 0 Å². The highest BCUT2D eigenvalue weighted by Crippen LogP contribution is 2.20. The molecule has 0 aromatic heterocycles. The molecule has 0 saturated heterocycles. The molecule has 1 N–H and O–H groups in total. The first-order valence-electron chi connectivity index (χ1n) is 4.37. The van der Waals surface area contributed by atoms with Gasteiger partial charge in [0.15, 0.2) is 0 Å². The summed E-state index contributed by atoms with van der Waals surface area (Å²) in [6, 6.07) is 5.16. The predicted octanol–water partition coefficient (Wildman–Crippen LogP) is 2.01. The van der Waals surface area contributed by atoms with E-state index in [4.69, 9.17) is 16.7 Å². The molecule has 0 unspecified atom stereocenters. The van der Waals surface area contributed by atoms with Gasteiger partial charge in [0.05, 0.1) is 11.6 Å². The zero-order valence-electron chi connectivity index (χ0n) is 8.20. The van der Waals surface area contributed by atoms with E-state index in [9.17, 15) is 4.79 Å². The van der Waals surface area contributed by atoms with E-state index in [0.717, 1.165) is 3.57 Å². The highest BCUT2D eigenvalue weighted by molar-refractivity contribution is 14.1. The van der Waals surface area contributed by atoms with Crippen molar-refractivity contribution in [3.63, 3.8) is 0 Å². The zero-order chi connectivity index (χ0) is 11.4. The second kappa shape index (κ2) is 5.67. The summed E-state index contributed by atoms with van der Waals surface area (Å²) in [7, 11) is 1.64. The van der Waals surface area contributed by atoms with Crippen LogP contribution in [0.25, 0.3) is 0 Å². The molecule has 5 heteroatoms. The summed E-state index contributed by atoms with van der Waals surface area (Å²) < 4.78 is 0.913. The van der Waals surface area contributed by atoms with Crippen LogP contribution in [-0.4, -0.2) is 36.1 Å². The maximum absolute atomic E-state index is 11.8. The van der Waals surface area contributed by atoms with E-state index in [1.165, 1.54) is 4.90 Å². The topological polar surface area (TPSA) is 40.5 Å². The summed E-state index contributed by atoms with van der Waals surface area (Å²) in [5, 5.41) is 9.28. The number of likely N-dealkylation sites (N-methyl/N-ethyl adjacent to an activating group) is 1. The molecular weight excluding hydrogens is 328 g/mol. The highest BCUT2D eigenvalue weighted by Gasteiger charge is 2.11. The lowest BCUT2D eigenvalue weighted by Gasteiger charge is -2.15. The number of aliphatic hydroxyl groups excluding tert-OH is 1. The Labute approximate surface area is 107 Å². The minimum Gasteiger partial charge on any atom is -0.395 e. The van der Waals surface area contributed by atoms with Crippen molar-refractivity contribution < 1.29 is 9.90 Å². The fraction of sp³-hybridized carbons (Fsp3) is 0.300. The van der Waals surface area contributed by atoms with Gasteiger partial charge >= 0.3 is 0 Å². The van der Waals surface area contributed by atoms with Gasteiger partial charge in [-0.3, -0.25) is 4.79 Å². The van der Waals surface area contributed by atoms with Crippen molar-refractivity contribution >= 4 is 40.1 Å². The molecule has 1 aromatic rings. The van der Waals surface area contributed by atoms with Crippen LogP contribution in [0.3, 0.4) is 0 Å². The van der Waals surface area contributed by atoms with E-state index in [-0.39, 0.29) is 12.5 Å². The lowest BCUT2D eigenvalue weighted by atomic mass is 10.2. The van der Waals surface area contributed by atoms with Gasteiger partial charge in [-0.05, 0) is 40.8 Å². The van der Waals surface area contributed by atoms with Crippen LogP contribution in [0, 0.1) is 3.57 Å². The van der Waals surface area contributed by atoms with Gasteiger partial charge in [0.25, 0.3) is 5.91 Å². The van der Waals surface area contributed by atoms with Gasteiger partial charge in [0, 0.05) is 22.7 Å². The number of carbonyl (C=O) groups is 1. The van der Waals surface area contributed by atoms with Gasteiger partial charge in [0.1, 0.15) is 0 Å². The summed E-state index contributed by atoms with van der Waals surface area (Å²) in [5.74, 6) is -0.137. The number of hydrogen-bond acceptors (Lipinski definition) is 2. The number of benzene rings is 1. The molecule has 0 aliphatic heterocycles. The van der Waals surface area contributed by atoms with Crippen LogP contribution in [0.5, 0.6) is 0 Å². The maximum atomic E-state index is 11.8. The van der Waals surface area contributed by atoms with Crippen molar-refractivity contribution in [1.82, 2.24) is 4.90 Å². The van der Waals surface area contributed by atoms with Crippen LogP contribution in [0.4, 0.5) is 0 Å². The average Bonchev–Trinajstić information content (AvgIpc) is 2.21. The van der Waals surface area contributed by atoms with Crippen LogP contribution in [0.15, 0.2) is 18.2 Å². The van der Waals surface area contributed by atoms with E-state index in [2.05, 4.69) is 22.6 Å². The molecule has 0 fully saturated rings. The number of halogens is 2. The minimum atomic E-state index is -0.137. The summed E-state index contributed by atoms with van der Waals surface area (Å²) >= 11 is 8.01. The summed E-state index contributed by atoms with van der Waals surface area (Å²) in [6.45, 7) is 0.281. The smallest absolute Gasteiger partial charge is 0.253 e. The van der Waals surface area contributed by atoms with Crippen LogP contribution < -0.4 is 0 Å². The zero-order valence-corrected chi connectivity index (χ0v) is 11.1. The molecule has 0 radical (unpaired) electrons. The molecule has 0 heterocycles. The van der Waals surface area contributed by atoms with E-state index >= 15 is 0 Å². The Bertz CT molecular complexity index is 370. The van der Waals surface area contributed by atoms with E-state index in [1.807, 2.05) is 0 Å². The average molecular weight is 340 g/mol. The number of rotatable bonds is 3. The number of carbonyl (C=O) groups excluding carboxylic acids is 1. The van der Waals surface area contributed by atoms with E-state index < -0.39 is 0 Å². The summed E-state index contributed by atoms with van der Waals surface area (Å²) in [4.78, 5) is 13.2. The van der Waals surface area contributed by atoms with Crippen molar-refractivity contribution in [3.8, 4) is 0 Å². The highest BCUT2D eigenvalue weighted by atomic mass is 127.